The van der Waals surface area contributed by atoms with Crippen LogP contribution in [-0.2, 0) is 23.9 Å². The molecule has 4 aliphatic carbocycles. The zero-order chi connectivity index (χ0) is 22.4. The number of fused-ring (bicyclic) bond motifs is 5. The third-order valence-corrected chi connectivity index (χ3v) is 9.21. The molecular formula is C25H34O6. The van der Waals surface area contributed by atoms with E-state index in [9.17, 15) is 19.2 Å². The van der Waals surface area contributed by atoms with Gasteiger partial charge in [-0.25, -0.2) is 0 Å². The normalized spacial score (nSPS) is 39.0. The van der Waals surface area contributed by atoms with E-state index >= 15 is 0 Å². The Hall–Kier alpha value is -1.98. The van der Waals surface area contributed by atoms with Crippen LogP contribution in [0.1, 0.15) is 78.1 Å². The van der Waals surface area contributed by atoms with Crippen molar-refractivity contribution < 1.29 is 29.0 Å². The van der Waals surface area contributed by atoms with E-state index in [1.54, 1.807) is 13.0 Å². The fourth-order valence-corrected chi connectivity index (χ4v) is 7.79. The number of carboxylic acid groups (broad SMARTS) is 1. The first-order chi connectivity index (χ1) is 14.7. The molecule has 1 N–H and O–H groups in total. The summed E-state index contributed by atoms with van der Waals surface area (Å²) in [5.41, 5.74) is 0.865. The molecule has 6 atom stereocenters. The minimum Gasteiger partial charge on any atom is -0.481 e. The predicted octanol–water partition coefficient (Wildman–Crippen LogP) is 4.11. The molecule has 0 heterocycles. The molecule has 4 aliphatic rings. The first kappa shape index (κ1) is 22.2. The van der Waals surface area contributed by atoms with Gasteiger partial charge in [-0.3, -0.25) is 19.2 Å². The summed E-state index contributed by atoms with van der Waals surface area (Å²) in [6.07, 6.45) is 8.52. The van der Waals surface area contributed by atoms with Crippen molar-refractivity contribution in [3.63, 3.8) is 0 Å². The van der Waals surface area contributed by atoms with Crippen LogP contribution in [0.15, 0.2) is 11.6 Å². The number of aliphatic carboxylic acids is 1. The molecule has 0 unspecified atom stereocenters. The molecule has 0 aromatic carbocycles. The summed E-state index contributed by atoms with van der Waals surface area (Å²) in [5.74, 6) is 0.442. The van der Waals surface area contributed by atoms with Gasteiger partial charge < -0.3 is 9.84 Å². The van der Waals surface area contributed by atoms with E-state index in [-0.39, 0.29) is 42.0 Å². The fourth-order valence-electron chi connectivity index (χ4n) is 7.79. The van der Waals surface area contributed by atoms with Crippen LogP contribution < -0.4 is 0 Å². The quantitative estimate of drug-likeness (QED) is 0.637. The van der Waals surface area contributed by atoms with Gasteiger partial charge in [-0.2, -0.15) is 0 Å². The van der Waals surface area contributed by atoms with Crippen LogP contribution >= 0.6 is 0 Å². The zero-order valence-electron chi connectivity index (χ0n) is 18.7. The molecule has 0 amide bonds. The SMILES string of the molecule is CC(=O)[C@@H]1CC[C@H]2[C@H]3CCC4=CC(=O)CC[C@]4(COC(=O)CCC(=O)O)[C@@H]3CC[C@]12C. The van der Waals surface area contributed by atoms with Gasteiger partial charge in [0.05, 0.1) is 12.8 Å². The largest absolute Gasteiger partial charge is 0.481 e. The summed E-state index contributed by atoms with van der Waals surface area (Å²) in [4.78, 5) is 47.6. The van der Waals surface area contributed by atoms with Crippen molar-refractivity contribution in [2.24, 2.45) is 34.5 Å². The average Bonchev–Trinajstić information content (AvgIpc) is 3.08. The molecule has 3 saturated carbocycles. The van der Waals surface area contributed by atoms with Gasteiger partial charge in [0.2, 0.25) is 0 Å². The van der Waals surface area contributed by atoms with E-state index in [0.717, 1.165) is 44.1 Å². The minimum absolute atomic E-state index is 0.0536. The Morgan fingerprint density at radius 1 is 1.06 bits per heavy atom. The lowest BCUT2D eigenvalue weighted by Gasteiger charge is -2.58. The number of Topliss-reactive ketones (excluding diaryl/α,β-unsaturated/α-hetero) is 1. The number of hydrogen-bond donors (Lipinski definition) is 1. The number of carbonyl (C=O) groups excluding carboxylic acids is 3. The van der Waals surface area contributed by atoms with Crippen molar-refractivity contribution in [2.45, 2.75) is 78.1 Å². The summed E-state index contributed by atoms with van der Waals surface area (Å²) in [6, 6.07) is 0. The molecule has 0 saturated heterocycles. The molecule has 3 fully saturated rings. The lowest BCUT2D eigenvalue weighted by atomic mass is 9.46. The second-order valence-electron chi connectivity index (χ2n) is 10.5. The number of carbonyl (C=O) groups is 4. The number of ketones is 2. The lowest BCUT2D eigenvalue weighted by Crippen LogP contribution is -2.53. The minimum atomic E-state index is -1.01. The van der Waals surface area contributed by atoms with Crippen molar-refractivity contribution >= 4 is 23.5 Å². The van der Waals surface area contributed by atoms with Crippen LogP contribution in [-0.4, -0.2) is 35.2 Å². The topological polar surface area (TPSA) is 97.7 Å². The van der Waals surface area contributed by atoms with Crippen molar-refractivity contribution in [3.05, 3.63) is 11.6 Å². The highest BCUT2D eigenvalue weighted by atomic mass is 16.5. The maximum Gasteiger partial charge on any atom is 0.306 e. The summed E-state index contributed by atoms with van der Waals surface area (Å²) in [5, 5.41) is 8.84. The van der Waals surface area contributed by atoms with Gasteiger partial charge >= 0.3 is 11.9 Å². The number of ether oxygens (including phenoxy) is 1. The van der Waals surface area contributed by atoms with Crippen LogP contribution in [0, 0.1) is 34.5 Å². The maximum absolute atomic E-state index is 12.3. The van der Waals surface area contributed by atoms with E-state index in [1.807, 2.05) is 0 Å². The molecule has 0 aliphatic heterocycles. The highest BCUT2D eigenvalue weighted by Crippen LogP contribution is 2.66. The molecule has 0 bridgehead atoms. The Bertz CT molecular complexity index is 828. The van der Waals surface area contributed by atoms with Crippen LogP contribution in [0.3, 0.4) is 0 Å². The van der Waals surface area contributed by atoms with Gasteiger partial charge in [0.1, 0.15) is 12.4 Å². The number of esters is 1. The van der Waals surface area contributed by atoms with E-state index in [4.69, 9.17) is 9.84 Å². The Balaban J connectivity index is 1.59. The predicted molar refractivity (Wildman–Crippen MR) is 113 cm³/mol. The molecule has 4 rings (SSSR count). The van der Waals surface area contributed by atoms with Gasteiger partial charge in [-0.05, 0) is 81.1 Å². The van der Waals surface area contributed by atoms with Gasteiger partial charge in [-0.15, -0.1) is 0 Å². The highest BCUT2D eigenvalue weighted by molar-refractivity contribution is 5.91. The van der Waals surface area contributed by atoms with Crippen LogP contribution in [0.2, 0.25) is 0 Å². The number of carboxylic acids is 1. The summed E-state index contributed by atoms with van der Waals surface area (Å²) in [6.45, 7) is 4.28. The third kappa shape index (κ3) is 3.76. The van der Waals surface area contributed by atoms with E-state index < -0.39 is 11.9 Å². The van der Waals surface area contributed by atoms with E-state index in [0.29, 0.717) is 36.4 Å². The van der Waals surface area contributed by atoms with Crippen molar-refractivity contribution in [1.82, 2.24) is 0 Å². The third-order valence-electron chi connectivity index (χ3n) is 9.21. The van der Waals surface area contributed by atoms with Gasteiger partial charge in [-0.1, -0.05) is 12.5 Å². The Labute approximate surface area is 183 Å². The Morgan fingerprint density at radius 3 is 2.55 bits per heavy atom. The molecule has 6 heteroatoms. The van der Waals surface area contributed by atoms with Crippen LogP contribution in [0.5, 0.6) is 0 Å². The second-order valence-corrected chi connectivity index (χ2v) is 10.5. The fraction of sp³-hybridized carbons (Fsp3) is 0.760. The van der Waals surface area contributed by atoms with Gasteiger partial charge in [0, 0.05) is 17.8 Å². The zero-order valence-corrected chi connectivity index (χ0v) is 18.7. The monoisotopic (exact) mass is 430 g/mol. The van der Waals surface area contributed by atoms with Crippen LogP contribution in [0.4, 0.5) is 0 Å². The van der Waals surface area contributed by atoms with Gasteiger partial charge in [0.15, 0.2) is 5.78 Å². The van der Waals surface area contributed by atoms with Crippen molar-refractivity contribution in [2.75, 3.05) is 6.61 Å². The summed E-state index contributed by atoms with van der Waals surface area (Å²) >= 11 is 0. The molecule has 6 nitrogen and oxygen atoms in total. The van der Waals surface area contributed by atoms with Crippen molar-refractivity contribution in [3.8, 4) is 0 Å². The molecule has 0 aromatic rings. The first-order valence-corrected chi connectivity index (χ1v) is 11.8. The molecule has 0 aromatic heterocycles. The van der Waals surface area contributed by atoms with E-state index in [1.165, 1.54) is 0 Å². The maximum atomic E-state index is 12.3. The molecule has 170 valence electrons. The lowest BCUT2D eigenvalue weighted by molar-refractivity contribution is -0.155. The van der Waals surface area contributed by atoms with Crippen LogP contribution in [0.25, 0.3) is 0 Å². The Kier molecular flexibility index (Phi) is 5.86. The smallest absolute Gasteiger partial charge is 0.306 e. The number of rotatable bonds is 6. The molecule has 31 heavy (non-hydrogen) atoms. The Morgan fingerprint density at radius 2 is 1.84 bits per heavy atom. The first-order valence-electron chi connectivity index (χ1n) is 11.8. The standard InChI is InChI=1S/C25H34O6/c1-15(26)19-5-6-20-18-4-3-16-13-17(27)9-12-25(16,21(18)10-11-24(19,20)2)14-31-23(30)8-7-22(28)29/h13,18-21H,3-12,14H2,1-2H3,(H,28,29)/t18-,19+,20+,21-,24-,25-/m1/s1. The highest BCUT2D eigenvalue weighted by Gasteiger charge is 2.61. The summed E-state index contributed by atoms with van der Waals surface area (Å²) < 4.78 is 5.66. The average molecular weight is 431 g/mol. The second kappa shape index (κ2) is 8.18. The number of hydrogen-bond acceptors (Lipinski definition) is 5. The van der Waals surface area contributed by atoms with E-state index in [2.05, 4.69) is 6.92 Å². The molecule has 0 radical (unpaired) electrons. The van der Waals surface area contributed by atoms with Gasteiger partial charge in [0.25, 0.3) is 0 Å². The molecular weight excluding hydrogens is 396 g/mol. The molecule has 0 spiro atoms. The van der Waals surface area contributed by atoms with Crippen molar-refractivity contribution in [1.29, 1.82) is 0 Å². The summed E-state index contributed by atoms with van der Waals surface area (Å²) in [7, 11) is 0.